The van der Waals surface area contributed by atoms with E-state index >= 15 is 0 Å². The smallest absolute Gasteiger partial charge is 0.113 e. The number of nitrogens with zero attached hydrogens (tertiary/aromatic N) is 3. The molecule has 0 fully saturated rings. The van der Waals surface area contributed by atoms with E-state index in [1.807, 2.05) is 30.3 Å². The van der Waals surface area contributed by atoms with Crippen molar-refractivity contribution in [2.24, 2.45) is 0 Å². The first-order valence-corrected chi connectivity index (χ1v) is 5.52. The maximum Gasteiger partial charge on any atom is 0.113 e. The van der Waals surface area contributed by atoms with Crippen molar-refractivity contribution in [1.82, 2.24) is 15.0 Å². The first-order valence-electron chi connectivity index (χ1n) is 4.99. The van der Waals surface area contributed by atoms with Crippen LogP contribution in [0.25, 0.3) is 11.3 Å². The molecule has 5 heteroatoms. The van der Waals surface area contributed by atoms with Gasteiger partial charge >= 0.3 is 0 Å². The quantitative estimate of drug-likeness (QED) is 0.821. The molecule has 0 aliphatic heterocycles. The van der Waals surface area contributed by atoms with E-state index in [0.29, 0.717) is 6.54 Å². The van der Waals surface area contributed by atoms with Crippen molar-refractivity contribution in [3.8, 4) is 11.3 Å². The molecule has 1 aromatic carbocycles. The molecule has 2 rings (SSSR count). The van der Waals surface area contributed by atoms with Gasteiger partial charge in [-0.2, -0.15) is 0 Å². The fraction of sp³-hybridized carbons (Fsp3) is 0.273. The molecule has 0 amide bonds. The second kappa shape index (κ2) is 5.09. The third-order valence-electron chi connectivity index (χ3n) is 2.18. The fourth-order valence-corrected chi connectivity index (χ4v) is 1.49. The van der Waals surface area contributed by atoms with Crippen molar-refractivity contribution in [2.45, 2.75) is 12.6 Å². The van der Waals surface area contributed by atoms with Crippen LogP contribution in [0.3, 0.4) is 0 Å². The van der Waals surface area contributed by atoms with E-state index in [-0.39, 0.29) is 5.88 Å². The van der Waals surface area contributed by atoms with Gasteiger partial charge in [0.15, 0.2) is 0 Å². The maximum absolute atomic E-state index is 9.37. The highest BCUT2D eigenvalue weighted by Gasteiger charge is 2.07. The average molecular weight is 238 g/mol. The Hall–Kier alpha value is -1.39. The van der Waals surface area contributed by atoms with E-state index in [4.69, 9.17) is 11.6 Å². The summed E-state index contributed by atoms with van der Waals surface area (Å²) in [6.07, 6.45) is 1.21. The van der Waals surface area contributed by atoms with E-state index in [1.165, 1.54) is 0 Å². The highest BCUT2D eigenvalue weighted by atomic mass is 35.5. The molecule has 2 aromatic rings. The summed E-state index contributed by atoms with van der Waals surface area (Å²) in [5.41, 5.74) is 1.80. The second-order valence-corrected chi connectivity index (χ2v) is 3.81. The molecule has 0 radical (unpaired) electrons. The Bertz CT molecular complexity index is 444. The van der Waals surface area contributed by atoms with Crippen molar-refractivity contribution in [3.05, 3.63) is 36.5 Å². The van der Waals surface area contributed by atoms with E-state index in [2.05, 4.69) is 10.3 Å². The summed E-state index contributed by atoms with van der Waals surface area (Å²) < 4.78 is 1.59. The third kappa shape index (κ3) is 2.59. The van der Waals surface area contributed by atoms with Crippen LogP contribution in [0.15, 0.2) is 36.5 Å². The molecule has 1 aromatic heterocycles. The Labute approximate surface area is 98.5 Å². The molecule has 1 unspecified atom stereocenters. The monoisotopic (exact) mass is 237 g/mol. The molecule has 16 heavy (non-hydrogen) atoms. The summed E-state index contributed by atoms with van der Waals surface area (Å²) in [6.45, 7) is 0.364. The van der Waals surface area contributed by atoms with Gasteiger partial charge in [-0.05, 0) is 0 Å². The Morgan fingerprint density at radius 3 is 2.75 bits per heavy atom. The van der Waals surface area contributed by atoms with Crippen LogP contribution < -0.4 is 0 Å². The van der Waals surface area contributed by atoms with Crippen LogP contribution in [-0.4, -0.2) is 32.1 Å². The van der Waals surface area contributed by atoms with Gasteiger partial charge in [-0.3, -0.25) is 0 Å². The van der Waals surface area contributed by atoms with Gasteiger partial charge in [0.05, 0.1) is 24.7 Å². The van der Waals surface area contributed by atoms with E-state index in [1.54, 1.807) is 10.9 Å². The van der Waals surface area contributed by atoms with Crippen LogP contribution in [-0.2, 0) is 6.54 Å². The number of aliphatic hydroxyl groups is 1. The van der Waals surface area contributed by atoms with Crippen LogP contribution in [0, 0.1) is 0 Å². The molecule has 1 N–H and O–H groups in total. The molecule has 1 atom stereocenters. The largest absolute Gasteiger partial charge is 0.390 e. The van der Waals surface area contributed by atoms with Gasteiger partial charge in [0.1, 0.15) is 5.69 Å². The van der Waals surface area contributed by atoms with Gasteiger partial charge in [-0.25, -0.2) is 4.68 Å². The summed E-state index contributed by atoms with van der Waals surface area (Å²) in [6, 6.07) is 9.77. The Balaban J connectivity index is 2.14. The molecule has 0 saturated heterocycles. The van der Waals surface area contributed by atoms with Gasteiger partial charge < -0.3 is 5.11 Å². The summed E-state index contributed by atoms with van der Waals surface area (Å²) in [4.78, 5) is 0. The molecular weight excluding hydrogens is 226 g/mol. The normalized spacial score (nSPS) is 12.6. The van der Waals surface area contributed by atoms with Crippen molar-refractivity contribution in [1.29, 1.82) is 0 Å². The molecule has 0 spiro atoms. The summed E-state index contributed by atoms with van der Waals surface area (Å²) >= 11 is 5.51. The minimum absolute atomic E-state index is 0.195. The standard InChI is InChI=1S/C11H12ClN3O/c12-6-10(16)7-15-8-11(13-14-15)9-4-2-1-3-5-9/h1-5,8,10,16H,6-7H2. The first kappa shape index (κ1) is 11.1. The average Bonchev–Trinajstić information content (AvgIpc) is 2.78. The number of aliphatic hydroxyl groups excluding tert-OH is 1. The Morgan fingerprint density at radius 1 is 1.31 bits per heavy atom. The molecule has 4 nitrogen and oxygen atoms in total. The topological polar surface area (TPSA) is 50.9 Å². The third-order valence-corrected chi connectivity index (χ3v) is 2.54. The number of hydrogen-bond acceptors (Lipinski definition) is 3. The van der Waals surface area contributed by atoms with Crippen LogP contribution in [0.1, 0.15) is 0 Å². The van der Waals surface area contributed by atoms with Crippen molar-refractivity contribution in [3.63, 3.8) is 0 Å². The number of aromatic nitrogens is 3. The summed E-state index contributed by atoms with van der Waals surface area (Å²) in [7, 11) is 0. The zero-order valence-corrected chi connectivity index (χ0v) is 9.38. The van der Waals surface area contributed by atoms with Crippen molar-refractivity contribution < 1.29 is 5.11 Å². The number of alkyl halides is 1. The van der Waals surface area contributed by atoms with Crippen LogP contribution in [0.2, 0.25) is 0 Å². The molecule has 0 bridgehead atoms. The Kier molecular flexibility index (Phi) is 3.54. The predicted molar refractivity (Wildman–Crippen MR) is 62.2 cm³/mol. The van der Waals surface area contributed by atoms with Crippen LogP contribution in [0.5, 0.6) is 0 Å². The number of benzene rings is 1. The molecular formula is C11H12ClN3O. The summed E-state index contributed by atoms with van der Waals surface area (Å²) in [5, 5.41) is 17.3. The van der Waals surface area contributed by atoms with Crippen molar-refractivity contribution >= 4 is 11.6 Å². The van der Waals surface area contributed by atoms with E-state index < -0.39 is 6.10 Å². The van der Waals surface area contributed by atoms with Crippen molar-refractivity contribution in [2.75, 3.05) is 5.88 Å². The molecule has 84 valence electrons. The van der Waals surface area contributed by atoms with Gasteiger partial charge in [0.2, 0.25) is 0 Å². The molecule has 0 saturated carbocycles. The SMILES string of the molecule is OC(CCl)Cn1cc(-c2ccccc2)nn1. The lowest BCUT2D eigenvalue weighted by Gasteiger charge is -2.04. The van der Waals surface area contributed by atoms with Gasteiger partial charge in [0, 0.05) is 5.56 Å². The molecule has 0 aliphatic rings. The van der Waals surface area contributed by atoms with E-state index in [9.17, 15) is 5.11 Å². The Morgan fingerprint density at radius 2 is 2.06 bits per heavy atom. The highest BCUT2D eigenvalue weighted by Crippen LogP contribution is 2.14. The minimum Gasteiger partial charge on any atom is -0.390 e. The predicted octanol–water partition coefficient (Wildman–Crippen LogP) is 1.54. The zero-order chi connectivity index (χ0) is 11.4. The van der Waals surface area contributed by atoms with Gasteiger partial charge in [-0.1, -0.05) is 35.5 Å². The number of hydrogen-bond donors (Lipinski definition) is 1. The second-order valence-electron chi connectivity index (χ2n) is 3.50. The highest BCUT2D eigenvalue weighted by molar-refractivity contribution is 6.18. The maximum atomic E-state index is 9.37. The van der Waals surface area contributed by atoms with Crippen LogP contribution in [0.4, 0.5) is 0 Å². The van der Waals surface area contributed by atoms with Crippen LogP contribution >= 0.6 is 11.6 Å². The zero-order valence-electron chi connectivity index (χ0n) is 8.62. The lowest BCUT2D eigenvalue weighted by molar-refractivity contribution is 0.170. The minimum atomic E-state index is -0.591. The number of rotatable bonds is 4. The van der Waals surface area contributed by atoms with Gasteiger partial charge in [-0.15, -0.1) is 16.7 Å². The molecule has 0 aliphatic carbocycles. The lowest BCUT2D eigenvalue weighted by atomic mass is 10.2. The molecule has 1 heterocycles. The lowest BCUT2D eigenvalue weighted by Crippen LogP contribution is -2.17. The van der Waals surface area contributed by atoms with E-state index in [0.717, 1.165) is 11.3 Å². The summed E-state index contributed by atoms with van der Waals surface area (Å²) in [5.74, 6) is 0.195. The first-order chi connectivity index (χ1) is 7.79. The number of halogens is 1. The van der Waals surface area contributed by atoms with Gasteiger partial charge in [0.25, 0.3) is 0 Å². The fourth-order valence-electron chi connectivity index (χ4n) is 1.39.